The molecule has 2 N–H and O–H groups in total. The maximum atomic E-state index is 12.0. The van der Waals surface area contributed by atoms with E-state index in [1.54, 1.807) is 11.0 Å². The molecule has 0 aromatic carbocycles. The van der Waals surface area contributed by atoms with E-state index in [0.717, 1.165) is 25.3 Å². The first-order valence-electron chi connectivity index (χ1n) is 7.72. The number of piperazine rings is 1. The maximum absolute atomic E-state index is 12.0. The topological polar surface area (TPSA) is 98.8 Å². The van der Waals surface area contributed by atoms with Gasteiger partial charge in [0.2, 0.25) is 0 Å². The Balaban J connectivity index is 1.74. The number of amides is 1. The summed E-state index contributed by atoms with van der Waals surface area (Å²) in [6, 6.07) is 1.55. The van der Waals surface area contributed by atoms with Crippen LogP contribution in [0.1, 0.15) is 37.0 Å². The molecule has 0 radical (unpaired) electrons. The number of carbonyl (C=O) groups is 2. The molecule has 0 spiro atoms. The number of carboxylic acid groups (broad SMARTS) is 1. The number of aromatic carboxylic acids is 1. The summed E-state index contributed by atoms with van der Waals surface area (Å²) in [5.74, 6) is -1.03. The monoisotopic (exact) mass is 324 g/mol. The Hall–Kier alpha value is -2.09. The number of ether oxygens (including phenoxy) is 1. The van der Waals surface area contributed by atoms with Crippen molar-refractivity contribution in [3.8, 4) is 0 Å². The first-order valence-corrected chi connectivity index (χ1v) is 7.72. The van der Waals surface area contributed by atoms with Crippen LogP contribution < -0.4 is 0 Å². The minimum Gasteiger partial charge on any atom is -0.476 e. The Morgan fingerprint density at radius 2 is 1.96 bits per heavy atom. The van der Waals surface area contributed by atoms with Gasteiger partial charge in [-0.25, -0.2) is 9.59 Å². The molecule has 0 unspecified atom stereocenters. The van der Waals surface area contributed by atoms with Crippen molar-refractivity contribution in [2.75, 3.05) is 32.7 Å². The summed E-state index contributed by atoms with van der Waals surface area (Å²) in [5.41, 5.74) is 0.364. The van der Waals surface area contributed by atoms with E-state index >= 15 is 0 Å². The van der Waals surface area contributed by atoms with Gasteiger partial charge in [0.1, 0.15) is 5.60 Å². The standard InChI is InChI=1S/C15H24N4O4/c1-15(2,3)23-14(22)19-8-6-18(7-9-19)5-4-11-10-12(13(20)21)17-16-11/h10H,4-9H2,1-3H3,(H,16,17)(H,20,21). The van der Waals surface area contributed by atoms with Gasteiger partial charge in [-0.15, -0.1) is 0 Å². The number of carbonyl (C=O) groups excluding carboxylic acids is 1. The summed E-state index contributed by atoms with van der Waals surface area (Å²) in [6.45, 7) is 9.20. The second kappa shape index (κ2) is 6.99. The summed E-state index contributed by atoms with van der Waals surface area (Å²) < 4.78 is 5.37. The minimum atomic E-state index is -1.03. The van der Waals surface area contributed by atoms with E-state index in [4.69, 9.17) is 9.84 Å². The average Bonchev–Trinajstić information content (AvgIpc) is 2.93. The van der Waals surface area contributed by atoms with Gasteiger partial charge in [-0.1, -0.05) is 0 Å². The highest BCUT2D eigenvalue weighted by Crippen LogP contribution is 2.12. The Kier molecular flexibility index (Phi) is 5.25. The molecule has 1 amide bonds. The van der Waals surface area contributed by atoms with Gasteiger partial charge in [0.25, 0.3) is 0 Å². The molecule has 2 heterocycles. The lowest BCUT2D eigenvalue weighted by Gasteiger charge is -2.35. The molecule has 1 fully saturated rings. The third kappa shape index (κ3) is 5.24. The number of aromatic nitrogens is 2. The average molecular weight is 324 g/mol. The number of carboxylic acids is 1. The fourth-order valence-corrected chi connectivity index (χ4v) is 2.36. The molecule has 0 bridgehead atoms. The third-order valence-electron chi connectivity index (χ3n) is 3.57. The molecule has 1 aromatic rings. The van der Waals surface area contributed by atoms with Crippen molar-refractivity contribution in [3.63, 3.8) is 0 Å². The van der Waals surface area contributed by atoms with Crippen LogP contribution in [0.3, 0.4) is 0 Å². The molecular weight excluding hydrogens is 300 g/mol. The molecular formula is C15H24N4O4. The zero-order chi connectivity index (χ0) is 17.0. The molecule has 0 aliphatic carbocycles. The van der Waals surface area contributed by atoms with Crippen LogP contribution in [0.2, 0.25) is 0 Å². The van der Waals surface area contributed by atoms with E-state index in [1.807, 2.05) is 20.8 Å². The normalized spacial score (nSPS) is 16.4. The van der Waals surface area contributed by atoms with Crippen LogP contribution in [0.15, 0.2) is 6.07 Å². The number of nitrogens with zero attached hydrogens (tertiary/aromatic N) is 3. The van der Waals surface area contributed by atoms with E-state index in [2.05, 4.69) is 15.1 Å². The van der Waals surface area contributed by atoms with Gasteiger partial charge < -0.3 is 14.7 Å². The Bertz CT molecular complexity index is 556. The highest BCUT2D eigenvalue weighted by Gasteiger charge is 2.25. The van der Waals surface area contributed by atoms with Crippen LogP contribution >= 0.6 is 0 Å². The van der Waals surface area contributed by atoms with Crippen molar-refractivity contribution in [2.24, 2.45) is 0 Å². The second-order valence-corrected chi connectivity index (χ2v) is 6.64. The maximum Gasteiger partial charge on any atom is 0.410 e. The highest BCUT2D eigenvalue weighted by molar-refractivity contribution is 5.85. The summed E-state index contributed by atoms with van der Waals surface area (Å²) in [5, 5.41) is 15.3. The molecule has 8 heteroatoms. The lowest BCUT2D eigenvalue weighted by Crippen LogP contribution is -2.50. The number of aromatic amines is 1. The van der Waals surface area contributed by atoms with Gasteiger partial charge in [-0.05, 0) is 26.8 Å². The lowest BCUT2D eigenvalue weighted by atomic mass is 10.2. The lowest BCUT2D eigenvalue weighted by molar-refractivity contribution is 0.0146. The predicted molar refractivity (Wildman–Crippen MR) is 83.5 cm³/mol. The molecule has 8 nitrogen and oxygen atoms in total. The zero-order valence-corrected chi connectivity index (χ0v) is 13.8. The molecule has 0 atom stereocenters. The molecule has 128 valence electrons. The largest absolute Gasteiger partial charge is 0.476 e. The Morgan fingerprint density at radius 3 is 2.48 bits per heavy atom. The van der Waals surface area contributed by atoms with E-state index < -0.39 is 11.6 Å². The number of rotatable bonds is 4. The van der Waals surface area contributed by atoms with Crippen LogP contribution in [-0.4, -0.2) is 75.5 Å². The SMILES string of the molecule is CC(C)(C)OC(=O)N1CCN(CCc2cc(C(=O)O)n[nH]2)CC1. The van der Waals surface area contributed by atoms with Gasteiger partial charge in [0.05, 0.1) is 0 Å². The first kappa shape index (κ1) is 17.3. The third-order valence-corrected chi connectivity index (χ3v) is 3.57. The Labute approximate surface area is 135 Å². The van der Waals surface area contributed by atoms with Crippen molar-refractivity contribution >= 4 is 12.1 Å². The molecule has 1 aliphatic rings. The Morgan fingerprint density at radius 1 is 1.30 bits per heavy atom. The van der Waals surface area contributed by atoms with E-state index in [9.17, 15) is 9.59 Å². The van der Waals surface area contributed by atoms with Gasteiger partial charge in [0.15, 0.2) is 5.69 Å². The smallest absolute Gasteiger partial charge is 0.410 e. The molecule has 2 rings (SSSR count). The first-order chi connectivity index (χ1) is 10.7. The molecule has 1 aliphatic heterocycles. The van der Waals surface area contributed by atoms with Crippen LogP contribution in [0.25, 0.3) is 0 Å². The van der Waals surface area contributed by atoms with Crippen LogP contribution in [0, 0.1) is 0 Å². The van der Waals surface area contributed by atoms with Crippen molar-refractivity contribution in [2.45, 2.75) is 32.8 Å². The number of nitrogens with one attached hydrogen (secondary N) is 1. The van der Waals surface area contributed by atoms with E-state index in [1.165, 1.54) is 0 Å². The second-order valence-electron chi connectivity index (χ2n) is 6.64. The number of H-pyrrole nitrogens is 1. The van der Waals surface area contributed by atoms with Crippen molar-refractivity contribution < 1.29 is 19.4 Å². The molecule has 0 saturated carbocycles. The number of hydrogen-bond acceptors (Lipinski definition) is 5. The summed E-state index contributed by atoms with van der Waals surface area (Å²) >= 11 is 0. The van der Waals surface area contributed by atoms with E-state index in [-0.39, 0.29) is 11.8 Å². The fraction of sp³-hybridized carbons (Fsp3) is 0.667. The van der Waals surface area contributed by atoms with E-state index in [0.29, 0.717) is 19.5 Å². The van der Waals surface area contributed by atoms with Gasteiger partial charge in [-0.2, -0.15) is 5.10 Å². The van der Waals surface area contributed by atoms with Gasteiger partial charge >= 0.3 is 12.1 Å². The molecule has 1 aromatic heterocycles. The summed E-state index contributed by atoms with van der Waals surface area (Å²) in [6.07, 6.45) is 0.434. The summed E-state index contributed by atoms with van der Waals surface area (Å²) in [4.78, 5) is 26.7. The molecule has 1 saturated heterocycles. The van der Waals surface area contributed by atoms with Gasteiger partial charge in [-0.3, -0.25) is 10.00 Å². The predicted octanol–water partition coefficient (Wildman–Crippen LogP) is 1.20. The fourth-order valence-electron chi connectivity index (χ4n) is 2.36. The van der Waals surface area contributed by atoms with Crippen molar-refractivity contribution in [1.29, 1.82) is 0 Å². The van der Waals surface area contributed by atoms with Crippen LogP contribution in [0.4, 0.5) is 4.79 Å². The van der Waals surface area contributed by atoms with Crippen LogP contribution in [0.5, 0.6) is 0 Å². The quantitative estimate of drug-likeness (QED) is 0.863. The zero-order valence-electron chi connectivity index (χ0n) is 13.8. The minimum absolute atomic E-state index is 0.0368. The van der Waals surface area contributed by atoms with Gasteiger partial charge in [0, 0.05) is 44.8 Å². The van der Waals surface area contributed by atoms with Crippen molar-refractivity contribution in [1.82, 2.24) is 20.0 Å². The number of hydrogen-bond donors (Lipinski definition) is 2. The highest BCUT2D eigenvalue weighted by atomic mass is 16.6. The molecule has 23 heavy (non-hydrogen) atoms. The van der Waals surface area contributed by atoms with Crippen LogP contribution in [-0.2, 0) is 11.2 Å². The van der Waals surface area contributed by atoms with Crippen molar-refractivity contribution in [3.05, 3.63) is 17.5 Å². The summed E-state index contributed by atoms with van der Waals surface area (Å²) in [7, 11) is 0.